The molecule has 1 fully saturated rings. The van der Waals surface area contributed by atoms with Crippen molar-refractivity contribution in [3.8, 4) is 5.75 Å². The molecule has 2 atom stereocenters. The highest BCUT2D eigenvalue weighted by Crippen LogP contribution is 2.26. The lowest BCUT2D eigenvalue weighted by atomic mass is 10.2. The van der Waals surface area contributed by atoms with Gasteiger partial charge in [0.05, 0.1) is 19.4 Å². The SMILES string of the molecule is COC(=O)[C@H]1C[C@H](Oc2ccccc2F)CN1C(=O)CSCc1ccccc1. The first-order chi connectivity index (χ1) is 13.6. The third-order valence-electron chi connectivity index (χ3n) is 4.52. The van der Waals surface area contributed by atoms with Gasteiger partial charge in [0.25, 0.3) is 0 Å². The lowest BCUT2D eigenvalue weighted by Crippen LogP contribution is -2.42. The minimum Gasteiger partial charge on any atom is -0.485 e. The molecule has 1 saturated heterocycles. The van der Waals surface area contributed by atoms with Crippen molar-refractivity contribution in [3.63, 3.8) is 0 Å². The molecule has 3 rings (SSSR count). The average molecular weight is 403 g/mol. The molecule has 0 radical (unpaired) electrons. The zero-order chi connectivity index (χ0) is 19.9. The number of carbonyl (C=O) groups is 2. The van der Waals surface area contributed by atoms with Gasteiger partial charge in [-0.05, 0) is 17.7 Å². The fourth-order valence-corrected chi connectivity index (χ4v) is 4.02. The molecule has 2 aromatic rings. The summed E-state index contributed by atoms with van der Waals surface area (Å²) in [6.45, 7) is 0.221. The second kappa shape index (κ2) is 9.59. The van der Waals surface area contributed by atoms with Gasteiger partial charge in [-0.15, -0.1) is 11.8 Å². The Balaban J connectivity index is 1.61. The first-order valence-corrected chi connectivity index (χ1v) is 10.1. The number of benzene rings is 2. The van der Waals surface area contributed by atoms with E-state index < -0.39 is 23.9 Å². The van der Waals surface area contributed by atoms with Gasteiger partial charge in [-0.25, -0.2) is 9.18 Å². The number of likely N-dealkylation sites (tertiary alicyclic amines) is 1. The van der Waals surface area contributed by atoms with Crippen LogP contribution in [0.5, 0.6) is 5.75 Å². The molecule has 2 aromatic carbocycles. The highest BCUT2D eigenvalue weighted by Gasteiger charge is 2.41. The molecule has 0 saturated carbocycles. The molecular weight excluding hydrogens is 381 g/mol. The Labute approximate surface area is 167 Å². The molecule has 28 heavy (non-hydrogen) atoms. The van der Waals surface area contributed by atoms with Gasteiger partial charge in [-0.2, -0.15) is 0 Å². The fraction of sp³-hybridized carbons (Fsp3) is 0.333. The van der Waals surface area contributed by atoms with Crippen molar-refractivity contribution in [3.05, 3.63) is 66.0 Å². The number of amides is 1. The van der Waals surface area contributed by atoms with Crippen LogP contribution in [-0.2, 0) is 20.1 Å². The maximum absolute atomic E-state index is 13.8. The molecule has 0 N–H and O–H groups in total. The molecule has 0 spiro atoms. The summed E-state index contributed by atoms with van der Waals surface area (Å²) >= 11 is 1.49. The summed E-state index contributed by atoms with van der Waals surface area (Å²) < 4.78 is 24.4. The number of esters is 1. The van der Waals surface area contributed by atoms with Crippen LogP contribution >= 0.6 is 11.8 Å². The highest BCUT2D eigenvalue weighted by molar-refractivity contribution is 7.99. The maximum atomic E-state index is 13.8. The maximum Gasteiger partial charge on any atom is 0.328 e. The van der Waals surface area contributed by atoms with E-state index in [9.17, 15) is 14.0 Å². The van der Waals surface area contributed by atoms with E-state index in [4.69, 9.17) is 9.47 Å². The van der Waals surface area contributed by atoms with Crippen molar-refractivity contribution in [2.75, 3.05) is 19.4 Å². The van der Waals surface area contributed by atoms with Gasteiger partial charge in [0.2, 0.25) is 5.91 Å². The van der Waals surface area contributed by atoms with Crippen LogP contribution in [0.4, 0.5) is 4.39 Å². The number of halogens is 1. The van der Waals surface area contributed by atoms with Gasteiger partial charge in [-0.1, -0.05) is 42.5 Å². The topological polar surface area (TPSA) is 55.8 Å². The number of carbonyl (C=O) groups excluding carboxylic acids is 2. The van der Waals surface area contributed by atoms with Crippen molar-refractivity contribution in [2.45, 2.75) is 24.3 Å². The van der Waals surface area contributed by atoms with Crippen molar-refractivity contribution < 1.29 is 23.5 Å². The van der Waals surface area contributed by atoms with Crippen LogP contribution in [0.25, 0.3) is 0 Å². The van der Waals surface area contributed by atoms with E-state index >= 15 is 0 Å². The number of para-hydroxylation sites is 1. The number of nitrogens with zero attached hydrogens (tertiary/aromatic N) is 1. The van der Waals surface area contributed by atoms with Crippen molar-refractivity contribution in [1.29, 1.82) is 0 Å². The lowest BCUT2D eigenvalue weighted by molar-refractivity contribution is -0.150. The van der Waals surface area contributed by atoms with Gasteiger partial charge in [0.1, 0.15) is 12.1 Å². The summed E-state index contributed by atoms with van der Waals surface area (Å²) in [5.74, 6) is -0.0472. The summed E-state index contributed by atoms with van der Waals surface area (Å²) in [7, 11) is 1.29. The molecule has 5 nitrogen and oxygen atoms in total. The monoisotopic (exact) mass is 403 g/mol. The van der Waals surface area contributed by atoms with Crippen LogP contribution < -0.4 is 4.74 Å². The van der Waals surface area contributed by atoms with E-state index in [1.54, 1.807) is 12.1 Å². The summed E-state index contributed by atoms with van der Waals surface area (Å²) in [5.41, 5.74) is 1.13. The molecule has 0 aliphatic carbocycles. The number of ether oxygens (including phenoxy) is 2. The van der Waals surface area contributed by atoms with Crippen molar-refractivity contribution in [1.82, 2.24) is 4.90 Å². The van der Waals surface area contributed by atoms with Crippen LogP contribution in [0.15, 0.2) is 54.6 Å². The number of thioether (sulfide) groups is 1. The molecule has 0 bridgehead atoms. The van der Waals surface area contributed by atoms with Crippen LogP contribution in [0.3, 0.4) is 0 Å². The second-order valence-corrected chi connectivity index (χ2v) is 7.46. The van der Waals surface area contributed by atoms with E-state index in [1.165, 1.54) is 35.9 Å². The van der Waals surface area contributed by atoms with Gasteiger partial charge in [-0.3, -0.25) is 4.79 Å². The molecule has 1 aliphatic heterocycles. The lowest BCUT2D eigenvalue weighted by Gasteiger charge is -2.22. The molecule has 7 heteroatoms. The Hall–Kier alpha value is -2.54. The first kappa shape index (κ1) is 20.2. The van der Waals surface area contributed by atoms with E-state index in [2.05, 4.69) is 0 Å². The zero-order valence-electron chi connectivity index (χ0n) is 15.5. The molecule has 0 unspecified atom stereocenters. The van der Waals surface area contributed by atoms with Crippen LogP contribution in [0, 0.1) is 5.82 Å². The normalized spacial score (nSPS) is 18.7. The first-order valence-electron chi connectivity index (χ1n) is 8.98. The minimum atomic E-state index is -0.716. The number of methoxy groups -OCH3 is 1. The average Bonchev–Trinajstić information content (AvgIpc) is 3.14. The van der Waals surface area contributed by atoms with Gasteiger partial charge in [0, 0.05) is 12.2 Å². The quantitative estimate of drug-likeness (QED) is 0.664. The Kier molecular flexibility index (Phi) is 6.92. The van der Waals surface area contributed by atoms with E-state index in [0.717, 1.165) is 5.56 Å². The Morgan fingerprint density at radius 1 is 1.14 bits per heavy atom. The largest absolute Gasteiger partial charge is 0.485 e. The predicted octanol–water partition coefficient (Wildman–Crippen LogP) is 3.28. The van der Waals surface area contributed by atoms with Crippen molar-refractivity contribution in [2.24, 2.45) is 0 Å². The summed E-state index contributed by atoms with van der Waals surface area (Å²) in [6.07, 6.45) is -0.195. The van der Waals surface area contributed by atoms with Gasteiger partial charge in [0.15, 0.2) is 11.6 Å². The summed E-state index contributed by atoms with van der Waals surface area (Å²) in [4.78, 5) is 26.3. The standard InChI is InChI=1S/C21H22FNO4S/c1-26-21(25)18-11-16(27-19-10-6-5-9-17(19)22)12-23(18)20(24)14-28-13-15-7-3-2-4-8-15/h2-10,16,18H,11-14H2,1H3/t16-,18+/m0/s1. The Bertz CT molecular complexity index is 817. The third kappa shape index (κ3) is 5.04. The van der Waals surface area contributed by atoms with Crippen LogP contribution in [-0.4, -0.2) is 48.3 Å². The summed E-state index contributed by atoms with van der Waals surface area (Å²) in [6, 6.07) is 15.2. The van der Waals surface area contributed by atoms with E-state index in [1.807, 2.05) is 30.3 Å². The Morgan fingerprint density at radius 3 is 2.57 bits per heavy atom. The summed E-state index contributed by atoms with van der Waals surface area (Å²) in [5, 5.41) is 0. The van der Waals surface area contributed by atoms with Gasteiger partial charge < -0.3 is 14.4 Å². The van der Waals surface area contributed by atoms with Crippen molar-refractivity contribution >= 4 is 23.6 Å². The number of hydrogen-bond donors (Lipinski definition) is 0. The minimum absolute atomic E-state index is 0.115. The molecule has 1 amide bonds. The Morgan fingerprint density at radius 2 is 1.86 bits per heavy atom. The smallest absolute Gasteiger partial charge is 0.328 e. The van der Waals surface area contributed by atoms with Crippen LogP contribution in [0.1, 0.15) is 12.0 Å². The van der Waals surface area contributed by atoms with E-state index in [-0.39, 0.29) is 30.4 Å². The van der Waals surface area contributed by atoms with Gasteiger partial charge >= 0.3 is 5.97 Å². The molecule has 0 aromatic heterocycles. The fourth-order valence-electron chi connectivity index (χ4n) is 3.15. The van der Waals surface area contributed by atoms with Crippen LogP contribution in [0.2, 0.25) is 0 Å². The predicted molar refractivity (Wildman–Crippen MR) is 106 cm³/mol. The molecular formula is C21H22FNO4S. The number of rotatable bonds is 7. The highest BCUT2D eigenvalue weighted by atomic mass is 32.2. The molecule has 1 aliphatic rings. The zero-order valence-corrected chi connectivity index (χ0v) is 16.4. The third-order valence-corrected chi connectivity index (χ3v) is 5.51. The molecule has 148 valence electrons. The van der Waals surface area contributed by atoms with E-state index in [0.29, 0.717) is 5.75 Å². The second-order valence-electron chi connectivity index (χ2n) is 6.47. The number of hydrogen-bond acceptors (Lipinski definition) is 5. The molecule has 1 heterocycles.